The van der Waals surface area contributed by atoms with Crippen molar-refractivity contribution in [3.8, 4) is 0 Å². The fourth-order valence-corrected chi connectivity index (χ4v) is 1.64. The van der Waals surface area contributed by atoms with Gasteiger partial charge in [0, 0.05) is 12.6 Å². The molecule has 0 spiro atoms. The number of nitro benzene ring substituents is 1. The SMILES string of the molecule is CC(C)C(NCc1ccc([N+](=O)[O-])c(F)c1)C(=O)O. The number of hydrogen-bond donors (Lipinski definition) is 2. The van der Waals surface area contributed by atoms with Crippen molar-refractivity contribution in [3.63, 3.8) is 0 Å². The van der Waals surface area contributed by atoms with Crippen LogP contribution in [0.25, 0.3) is 0 Å². The molecule has 1 aromatic rings. The first kappa shape index (κ1) is 15.0. The molecule has 0 radical (unpaired) electrons. The van der Waals surface area contributed by atoms with Crippen LogP contribution in [0.5, 0.6) is 0 Å². The maximum atomic E-state index is 13.4. The third-order valence-corrected chi connectivity index (χ3v) is 2.67. The molecule has 1 aromatic carbocycles. The van der Waals surface area contributed by atoms with Crippen molar-refractivity contribution in [1.29, 1.82) is 0 Å². The van der Waals surface area contributed by atoms with E-state index in [-0.39, 0.29) is 12.5 Å². The molecule has 0 bridgehead atoms. The van der Waals surface area contributed by atoms with E-state index in [1.54, 1.807) is 13.8 Å². The lowest BCUT2D eigenvalue weighted by Gasteiger charge is -2.17. The minimum Gasteiger partial charge on any atom is -0.480 e. The minimum absolute atomic E-state index is 0.125. The highest BCUT2D eigenvalue weighted by atomic mass is 19.1. The molecule has 1 atom stereocenters. The summed E-state index contributed by atoms with van der Waals surface area (Å²) in [6, 6.07) is 2.74. The Morgan fingerprint density at radius 1 is 1.53 bits per heavy atom. The zero-order valence-electron chi connectivity index (χ0n) is 10.6. The van der Waals surface area contributed by atoms with Crippen LogP contribution in [0.1, 0.15) is 19.4 Å². The molecule has 0 aliphatic heterocycles. The molecular weight excluding hydrogens is 255 g/mol. The Bertz CT molecular complexity index is 491. The second-order valence-electron chi connectivity index (χ2n) is 4.48. The van der Waals surface area contributed by atoms with Crippen molar-refractivity contribution in [3.05, 3.63) is 39.7 Å². The van der Waals surface area contributed by atoms with Gasteiger partial charge in [-0.05, 0) is 17.5 Å². The number of nitrogens with one attached hydrogen (secondary N) is 1. The van der Waals surface area contributed by atoms with Crippen molar-refractivity contribution >= 4 is 11.7 Å². The van der Waals surface area contributed by atoms with Gasteiger partial charge in [0.2, 0.25) is 5.82 Å². The summed E-state index contributed by atoms with van der Waals surface area (Å²) in [5.74, 6) is -2.04. The van der Waals surface area contributed by atoms with Gasteiger partial charge in [0.05, 0.1) is 4.92 Å². The molecule has 6 nitrogen and oxygen atoms in total. The van der Waals surface area contributed by atoms with Gasteiger partial charge in [-0.25, -0.2) is 0 Å². The second kappa shape index (κ2) is 6.24. The molecule has 0 fully saturated rings. The van der Waals surface area contributed by atoms with Gasteiger partial charge in [-0.3, -0.25) is 14.9 Å². The molecule has 19 heavy (non-hydrogen) atoms. The summed E-state index contributed by atoms with van der Waals surface area (Å²) >= 11 is 0. The van der Waals surface area contributed by atoms with Gasteiger partial charge in [0.25, 0.3) is 0 Å². The van der Waals surface area contributed by atoms with Gasteiger partial charge in [-0.2, -0.15) is 4.39 Å². The lowest BCUT2D eigenvalue weighted by molar-refractivity contribution is -0.387. The monoisotopic (exact) mass is 270 g/mol. The fraction of sp³-hybridized carbons (Fsp3) is 0.417. The number of carbonyl (C=O) groups is 1. The molecule has 0 aliphatic carbocycles. The van der Waals surface area contributed by atoms with Crippen LogP contribution in [0.4, 0.5) is 10.1 Å². The number of rotatable bonds is 6. The van der Waals surface area contributed by atoms with E-state index in [2.05, 4.69) is 5.32 Å². The smallest absolute Gasteiger partial charge is 0.320 e. The number of nitro groups is 1. The Balaban J connectivity index is 2.76. The highest BCUT2D eigenvalue weighted by molar-refractivity contribution is 5.73. The van der Waals surface area contributed by atoms with Crippen LogP contribution in [-0.4, -0.2) is 22.0 Å². The van der Waals surface area contributed by atoms with Crippen LogP contribution in [0, 0.1) is 21.8 Å². The fourth-order valence-electron chi connectivity index (χ4n) is 1.64. The quantitative estimate of drug-likeness (QED) is 0.608. The molecule has 0 aliphatic rings. The molecule has 0 heterocycles. The van der Waals surface area contributed by atoms with E-state index in [0.29, 0.717) is 5.56 Å². The largest absolute Gasteiger partial charge is 0.480 e. The molecule has 1 rings (SSSR count). The summed E-state index contributed by atoms with van der Waals surface area (Å²) in [6.45, 7) is 3.63. The Morgan fingerprint density at radius 3 is 2.58 bits per heavy atom. The molecule has 0 amide bonds. The molecule has 0 saturated carbocycles. The van der Waals surface area contributed by atoms with Crippen molar-refractivity contribution in [2.75, 3.05) is 0 Å². The van der Waals surface area contributed by atoms with Gasteiger partial charge < -0.3 is 10.4 Å². The third-order valence-electron chi connectivity index (χ3n) is 2.67. The van der Waals surface area contributed by atoms with Crippen LogP contribution in [0.3, 0.4) is 0 Å². The summed E-state index contributed by atoms with van der Waals surface area (Å²) in [7, 11) is 0. The second-order valence-corrected chi connectivity index (χ2v) is 4.48. The lowest BCUT2D eigenvalue weighted by Crippen LogP contribution is -2.40. The van der Waals surface area contributed by atoms with Crippen LogP contribution in [0.15, 0.2) is 18.2 Å². The van der Waals surface area contributed by atoms with Crippen LogP contribution >= 0.6 is 0 Å². The molecule has 104 valence electrons. The normalized spacial score (nSPS) is 12.4. The highest BCUT2D eigenvalue weighted by Crippen LogP contribution is 2.18. The number of carboxylic acid groups (broad SMARTS) is 1. The van der Waals surface area contributed by atoms with Crippen molar-refractivity contribution in [2.24, 2.45) is 5.92 Å². The van der Waals surface area contributed by atoms with E-state index in [9.17, 15) is 19.3 Å². The lowest BCUT2D eigenvalue weighted by atomic mass is 10.0. The van der Waals surface area contributed by atoms with E-state index < -0.39 is 28.4 Å². The minimum atomic E-state index is -0.989. The molecule has 0 saturated heterocycles. The zero-order valence-corrected chi connectivity index (χ0v) is 10.6. The molecule has 0 aromatic heterocycles. The predicted molar refractivity (Wildman–Crippen MR) is 66.2 cm³/mol. The number of aliphatic carboxylic acids is 1. The molecule has 7 heteroatoms. The summed E-state index contributed by atoms with van der Waals surface area (Å²) in [4.78, 5) is 20.6. The summed E-state index contributed by atoms with van der Waals surface area (Å²) in [6.07, 6.45) is 0. The van der Waals surface area contributed by atoms with Gasteiger partial charge in [0.1, 0.15) is 6.04 Å². The van der Waals surface area contributed by atoms with Gasteiger partial charge >= 0.3 is 11.7 Å². The topological polar surface area (TPSA) is 92.5 Å². The van der Waals surface area contributed by atoms with Gasteiger partial charge in [0.15, 0.2) is 0 Å². The van der Waals surface area contributed by atoms with E-state index in [1.165, 1.54) is 6.07 Å². The van der Waals surface area contributed by atoms with Crippen molar-refractivity contribution in [2.45, 2.75) is 26.4 Å². The number of benzene rings is 1. The van der Waals surface area contributed by atoms with Crippen LogP contribution < -0.4 is 5.32 Å². The maximum Gasteiger partial charge on any atom is 0.320 e. The first-order chi connectivity index (χ1) is 8.82. The number of carboxylic acids is 1. The molecule has 1 unspecified atom stereocenters. The average Bonchev–Trinajstić information content (AvgIpc) is 2.27. The number of nitrogens with zero attached hydrogens (tertiary/aromatic N) is 1. The first-order valence-electron chi connectivity index (χ1n) is 5.72. The zero-order chi connectivity index (χ0) is 14.6. The Labute approximate surface area is 109 Å². The van der Waals surface area contributed by atoms with E-state index in [1.807, 2.05) is 0 Å². The third kappa shape index (κ3) is 3.99. The molecule has 2 N–H and O–H groups in total. The number of halogens is 1. The Morgan fingerprint density at radius 2 is 2.16 bits per heavy atom. The maximum absolute atomic E-state index is 13.4. The molecular formula is C12H15FN2O4. The average molecular weight is 270 g/mol. The summed E-state index contributed by atoms with van der Waals surface area (Å²) < 4.78 is 13.4. The van der Waals surface area contributed by atoms with Gasteiger partial charge in [-0.15, -0.1) is 0 Å². The highest BCUT2D eigenvalue weighted by Gasteiger charge is 2.21. The first-order valence-corrected chi connectivity index (χ1v) is 5.72. The summed E-state index contributed by atoms with van der Waals surface area (Å²) in [5, 5.41) is 22.2. The Kier molecular flexibility index (Phi) is 4.94. The van der Waals surface area contributed by atoms with Gasteiger partial charge in [-0.1, -0.05) is 19.9 Å². The van der Waals surface area contributed by atoms with E-state index in [4.69, 9.17) is 5.11 Å². The Hall–Kier alpha value is -2.02. The summed E-state index contributed by atoms with van der Waals surface area (Å²) in [5.41, 5.74) is -0.141. The van der Waals surface area contributed by atoms with E-state index >= 15 is 0 Å². The number of hydrogen-bond acceptors (Lipinski definition) is 4. The van der Waals surface area contributed by atoms with Crippen LogP contribution in [0.2, 0.25) is 0 Å². The predicted octanol–water partition coefficient (Wildman–Crippen LogP) is 1.93. The van der Waals surface area contributed by atoms with Crippen LogP contribution in [-0.2, 0) is 11.3 Å². The van der Waals surface area contributed by atoms with Crippen molar-refractivity contribution < 1.29 is 19.2 Å². The van der Waals surface area contributed by atoms with E-state index in [0.717, 1.165) is 12.1 Å². The van der Waals surface area contributed by atoms with Crippen molar-refractivity contribution in [1.82, 2.24) is 5.32 Å². The standard InChI is InChI=1S/C12H15FN2O4/c1-7(2)11(12(16)17)14-6-8-3-4-10(15(18)19)9(13)5-8/h3-5,7,11,14H,6H2,1-2H3,(H,16,17).